The number of nitrogens with two attached hydrogens (primary N) is 1. The normalized spacial score (nSPS) is 10.1. The van der Waals surface area contributed by atoms with Crippen LogP contribution in [0, 0.1) is 0 Å². The van der Waals surface area contributed by atoms with Gasteiger partial charge < -0.3 is 11.1 Å². The Hall–Kier alpha value is -0.330. The molecule has 0 aromatic rings. The number of nitrogens with zero attached hydrogens (tertiary/aromatic N) is 1. The number of aliphatic imine (C=N–C) groups is 1. The van der Waals surface area contributed by atoms with E-state index in [4.69, 9.17) is 5.73 Å². The molecule has 0 aromatic carbocycles. The summed E-state index contributed by atoms with van der Waals surface area (Å²) in [5, 5.41) is 2.71. The highest BCUT2D eigenvalue weighted by atomic mass is 127. The number of nitrogens with one attached hydrogen (secondary N) is 1. The lowest BCUT2D eigenvalue weighted by Crippen LogP contribution is -2.31. The van der Waals surface area contributed by atoms with Gasteiger partial charge in [-0.15, -0.1) is 30.6 Å². The smallest absolute Gasteiger partial charge is 0.188 e. The van der Waals surface area contributed by atoms with Crippen molar-refractivity contribution in [3.63, 3.8) is 0 Å². The molecule has 0 aliphatic rings. The van der Waals surface area contributed by atoms with Crippen LogP contribution in [0.4, 0.5) is 4.39 Å². The number of hydrogen-bond acceptors (Lipinski definition) is 1. The van der Waals surface area contributed by atoms with Crippen LogP contribution in [0.5, 0.6) is 0 Å². The lowest BCUT2D eigenvalue weighted by molar-refractivity contribution is 0.504. The van der Waals surface area contributed by atoms with Gasteiger partial charge in [-0.1, -0.05) is 6.08 Å². The number of alkyl halides is 1. The Balaban J connectivity index is 0. The lowest BCUT2D eigenvalue weighted by Gasteiger charge is -1.99. The van der Waals surface area contributed by atoms with Crippen molar-refractivity contribution in [1.29, 1.82) is 0 Å². The molecular weight excluding hydrogens is 260 g/mol. The summed E-state index contributed by atoms with van der Waals surface area (Å²) >= 11 is 0. The van der Waals surface area contributed by atoms with E-state index in [1.807, 2.05) is 0 Å². The SMILES string of the molecule is C=CCNC(N)=NCCF.I. The number of halogens is 2. The Bertz CT molecular complexity index is 127. The first-order valence-electron chi connectivity index (χ1n) is 3.02. The van der Waals surface area contributed by atoms with Crippen molar-refractivity contribution in [2.24, 2.45) is 10.7 Å². The number of rotatable bonds is 4. The second-order valence-corrected chi connectivity index (χ2v) is 1.63. The predicted molar refractivity (Wildman–Crippen MR) is 56.1 cm³/mol. The molecule has 0 unspecified atom stereocenters. The average molecular weight is 273 g/mol. The number of guanidine groups is 1. The van der Waals surface area contributed by atoms with Gasteiger partial charge >= 0.3 is 0 Å². The fraction of sp³-hybridized carbons (Fsp3) is 0.500. The van der Waals surface area contributed by atoms with Gasteiger partial charge in [-0.3, -0.25) is 4.99 Å². The highest BCUT2D eigenvalue weighted by molar-refractivity contribution is 14.0. The van der Waals surface area contributed by atoms with Crippen LogP contribution in [0.2, 0.25) is 0 Å². The molecule has 0 aliphatic heterocycles. The molecule has 0 rings (SSSR count). The van der Waals surface area contributed by atoms with Gasteiger partial charge in [0.1, 0.15) is 6.67 Å². The second kappa shape index (κ2) is 9.67. The Morgan fingerprint density at radius 1 is 1.73 bits per heavy atom. The van der Waals surface area contributed by atoms with Gasteiger partial charge in [0.05, 0.1) is 6.54 Å². The summed E-state index contributed by atoms with van der Waals surface area (Å²) in [5.41, 5.74) is 5.27. The van der Waals surface area contributed by atoms with Crippen molar-refractivity contribution in [2.75, 3.05) is 19.8 Å². The van der Waals surface area contributed by atoms with Gasteiger partial charge in [0.25, 0.3) is 0 Å². The van der Waals surface area contributed by atoms with Crippen molar-refractivity contribution in [3.8, 4) is 0 Å². The molecule has 0 amide bonds. The quantitative estimate of drug-likeness (QED) is 0.342. The van der Waals surface area contributed by atoms with Crippen LogP contribution in [0.15, 0.2) is 17.6 Å². The molecule has 0 bridgehead atoms. The Kier molecular flexibility index (Phi) is 11.7. The van der Waals surface area contributed by atoms with E-state index in [-0.39, 0.29) is 36.5 Å². The van der Waals surface area contributed by atoms with Gasteiger partial charge in [0.15, 0.2) is 5.96 Å². The number of hydrogen-bond donors (Lipinski definition) is 2. The molecule has 0 atom stereocenters. The van der Waals surface area contributed by atoms with Gasteiger partial charge in [0.2, 0.25) is 0 Å². The summed E-state index contributed by atoms with van der Waals surface area (Å²) in [6.45, 7) is 3.67. The maximum absolute atomic E-state index is 11.5. The molecule has 0 aromatic heterocycles. The minimum atomic E-state index is -0.476. The molecule has 0 spiro atoms. The van der Waals surface area contributed by atoms with Crippen LogP contribution < -0.4 is 11.1 Å². The van der Waals surface area contributed by atoms with E-state index < -0.39 is 6.67 Å². The predicted octanol–water partition coefficient (Wildman–Crippen LogP) is 0.664. The Labute approximate surface area is 83.0 Å². The summed E-state index contributed by atoms with van der Waals surface area (Å²) in [6.07, 6.45) is 1.65. The van der Waals surface area contributed by atoms with Crippen LogP contribution in [-0.4, -0.2) is 25.7 Å². The third-order valence-corrected chi connectivity index (χ3v) is 0.794. The van der Waals surface area contributed by atoms with Crippen molar-refractivity contribution in [3.05, 3.63) is 12.7 Å². The molecule has 0 saturated heterocycles. The van der Waals surface area contributed by atoms with Crippen LogP contribution >= 0.6 is 24.0 Å². The molecule has 0 saturated carbocycles. The molecule has 0 heterocycles. The molecule has 5 heteroatoms. The molecular formula is C6H13FIN3. The summed E-state index contributed by atoms with van der Waals surface area (Å²) < 4.78 is 11.5. The average Bonchev–Trinajstić information content (AvgIpc) is 1.97. The third kappa shape index (κ3) is 9.67. The van der Waals surface area contributed by atoms with E-state index >= 15 is 0 Å². The minimum Gasteiger partial charge on any atom is -0.370 e. The summed E-state index contributed by atoms with van der Waals surface area (Å²) in [6, 6.07) is 0. The van der Waals surface area contributed by atoms with Crippen LogP contribution in [0.25, 0.3) is 0 Å². The highest BCUT2D eigenvalue weighted by Gasteiger charge is 1.85. The molecule has 0 aliphatic carbocycles. The second-order valence-electron chi connectivity index (χ2n) is 1.63. The van der Waals surface area contributed by atoms with E-state index in [1.165, 1.54) is 0 Å². The van der Waals surface area contributed by atoms with Gasteiger partial charge in [0, 0.05) is 6.54 Å². The first-order valence-corrected chi connectivity index (χ1v) is 3.02. The molecule has 0 fully saturated rings. The lowest BCUT2D eigenvalue weighted by atomic mass is 10.6. The summed E-state index contributed by atoms with van der Waals surface area (Å²) in [5.74, 6) is 0.262. The molecule has 66 valence electrons. The topological polar surface area (TPSA) is 50.4 Å². The summed E-state index contributed by atoms with van der Waals surface area (Å²) in [7, 11) is 0. The zero-order valence-corrected chi connectivity index (χ0v) is 8.55. The van der Waals surface area contributed by atoms with Crippen molar-refractivity contribution < 1.29 is 4.39 Å². The van der Waals surface area contributed by atoms with Crippen LogP contribution in [0.1, 0.15) is 0 Å². The Morgan fingerprint density at radius 2 is 2.36 bits per heavy atom. The standard InChI is InChI=1S/C6H12FN3.HI/c1-2-4-9-6(8)10-5-3-7;/h2H,1,3-5H2,(H3,8,9,10);1H. The molecule has 11 heavy (non-hydrogen) atoms. The largest absolute Gasteiger partial charge is 0.370 e. The van der Waals surface area contributed by atoms with Crippen molar-refractivity contribution >= 4 is 29.9 Å². The summed E-state index contributed by atoms with van der Waals surface area (Å²) in [4.78, 5) is 3.64. The third-order valence-electron chi connectivity index (χ3n) is 0.794. The van der Waals surface area contributed by atoms with Crippen molar-refractivity contribution in [2.45, 2.75) is 0 Å². The Morgan fingerprint density at radius 3 is 2.82 bits per heavy atom. The zero-order valence-electron chi connectivity index (χ0n) is 6.22. The van der Waals surface area contributed by atoms with E-state index in [0.29, 0.717) is 6.54 Å². The van der Waals surface area contributed by atoms with E-state index in [0.717, 1.165) is 0 Å². The molecule has 3 N–H and O–H groups in total. The van der Waals surface area contributed by atoms with Crippen molar-refractivity contribution in [1.82, 2.24) is 5.32 Å². The van der Waals surface area contributed by atoms with Gasteiger partial charge in [-0.25, -0.2) is 4.39 Å². The fourth-order valence-corrected chi connectivity index (χ4v) is 0.395. The van der Waals surface area contributed by atoms with Crippen LogP contribution in [0.3, 0.4) is 0 Å². The monoisotopic (exact) mass is 273 g/mol. The highest BCUT2D eigenvalue weighted by Crippen LogP contribution is 1.71. The zero-order chi connectivity index (χ0) is 7.82. The fourth-order valence-electron chi connectivity index (χ4n) is 0.395. The first-order chi connectivity index (χ1) is 4.81. The van der Waals surface area contributed by atoms with E-state index in [1.54, 1.807) is 6.08 Å². The van der Waals surface area contributed by atoms with Gasteiger partial charge in [-0.05, 0) is 0 Å². The molecule has 0 radical (unpaired) electrons. The van der Waals surface area contributed by atoms with E-state index in [9.17, 15) is 4.39 Å². The van der Waals surface area contributed by atoms with E-state index in [2.05, 4.69) is 16.9 Å². The maximum Gasteiger partial charge on any atom is 0.188 e. The van der Waals surface area contributed by atoms with Gasteiger partial charge in [-0.2, -0.15) is 0 Å². The first kappa shape index (κ1) is 13.3. The molecule has 3 nitrogen and oxygen atoms in total. The van der Waals surface area contributed by atoms with Crippen LogP contribution in [-0.2, 0) is 0 Å². The maximum atomic E-state index is 11.5. The minimum absolute atomic E-state index is 0.